The van der Waals surface area contributed by atoms with Crippen LogP contribution >= 0.6 is 0 Å². The second-order valence-corrected chi connectivity index (χ2v) is 8.18. The van der Waals surface area contributed by atoms with Gasteiger partial charge in [0.2, 0.25) is 0 Å². The van der Waals surface area contributed by atoms with Crippen molar-refractivity contribution >= 4 is 15.7 Å². The smallest absolute Gasteiger partial charge is 0.255 e. The fraction of sp³-hybridized carbons (Fsp3) is 0.438. The molecule has 1 atom stereocenters. The van der Waals surface area contributed by atoms with Gasteiger partial charge in [-0.3, -0.25) is 14.5 Å². The molecule has 0 aromatic carbocycles. The van der Waals surface area contributed by atoms with Crippen LogP contribution in [0.25, 0.3) is 0 Å². The number of nitrogens with zero attached hydrogens (tertiary/aromatic N) is 4. The molecule has 24 heavy (non-hydrogen) atoms. The van der Waals surface area contributed by atoms with Crippen molar-refractivity contribution in [1.82, 2.24) is 19.7 Å². The lowest BCUT2D eigenvalue weighted by Crippen LogP contribution is -2.46. The van der Waals surface area contributed by atoms with Crippen molar-refractivity contribution in [2.45, 2.75) is 26.4 Å². The summed E-state index contributed by atoms with van der Waals surface area (Å²) < 4.78 is 25.9. The van der Waals surface area contributed by atoms with Crippen molar-refractivity contribution in [2.75, 3.05) is 18.1 Å². The number of sulfone groups is 1. The minimum Gasteiger partial charge on any atom is -0.329 e. The summed E-state index contributed by atoms with van der Waals surface area (Å²) in [7, 11) is -3.18. The zero-order valence-corrected chi connectivity index (χ0v) is 14.5. The predicted octanol–water partition coefficient (Wildman–Crippen LogP) is 1.22. The summed E-state index contributed by atoms with van der Waals surface area (Å²) in [5, 5.41) is 4.21. The molecule has 3 rings (SSSR count). The standard InChI is InChI=1S/C16H20N4O3S/c1-3-19-10-14(9-18-19)15-11-24(22,23)7-6-20(15)16(21)13-5-4-12(2)17-8-13/h4-5,8-10,15H,3,6-7,11H2,1-2H3/t15-/m1/s1. The molecule has 1 aliphatic heterocycles. The molecular formula is C16H20N4O3S. The molecule has 8 heteroatoms. The molecule has 0 spiro atoms. The van der Waals surface area contributed by atoms with Gasteiger partial charge in [0, 0.05) is 36.7 Å². The van der Waals surface area contributed by atoms with E-state index in [1.807, 2.05) is 13.8 Å². The first-order chi connectivity index (χ1) is 11.4. The van der Waals surface area contributed by atoms with E-state index in [1.54, 1.807) is 34.1 Å². The van der Waals surface area contributed by atoms with Gasteiger partial charge in [-0.1, -0.05) is 0 Å². The van der Waals surface area contributed by atoms with Crippen LogP contribution in [-0.4, -0.2) is 52.0 Å². The first kappa shape index (κ1) is 16.6. The summed E-state index contributed by atoms with van der Waals surface area (Å²) in [6, 6.07) is 2.98. The maximum atomic E-state index is 12.8. The van der Waals surface area contributed by atoms with E-state index in [1.165, 1.54) is 6.20 Å². The topological polar surface area (TPSA) is 85.2 Å². The number of aryl methyl sites for hydroxylation is 2. The Bertz CT molecular complexity index is 842. The van der Waals surface area contributed by atoms with Crippen LogP contribution in [0.5, 0.6) is 0 Å². The van der Waals surface area contributed by atoms with Crippen LogP contribution in [0.3, 0.4) is 0 Å². The summed E-state index contributed by atoms with van der Waals surface area (Å²) in [6.07, 6.45) is 4.98. The normalized spacial score (nSPS) is 20.1. The second kappa shape index (κ2) is 6.35. The first-order valence-corrected chi connectivity index (χ1v) is 9.68. The average Bonchev–Trinajstić information content (AvgIpc) is 3.03. The Kier molecular flexibility index (Phi) is 4.40. The molecule has 1 amide bonds. The van der Waals surface area contributed by atoms with E-state index < -0.39 is 15.9 Å². The Morgan fingerprint density at radius 1 is 1.33 bits per heavy atom. The van der Waals surface area contributed by atoms with Gasteiger partial charge >= 0.3 is 0 Å². The molecule has 0 bridgehead atoms. The zero-order valence-electron chi connectivity index (χ0n) is 13.7. The van der Waals surface area contributed by atoms with Gasteiger partial charge in [0.1, 0.15) is 0 Å². The van der Waals surface area contributed by atoms with E-state index in [9.17, 15) is 13.2 Å². The Labute approximate surface area is 141 Å². The fourth-order valence-corrected chi connectivity index (χ4v) is 4.31. The van der Waals surface area contributed by atoms with Gasteiger partial charge in [-0.15, -0.1) is 0 Å². The Hall–Kier alpha value is -2.22. The van der Waals surface area contributed by atoms with Gasteiger partial charge in [-0.2, -0.15) is 5.10 Å². The average molecular weight is 348 g/mol. The van der Waals surface area contributed by atoms with E-state index in [0.717, 1.165) is 11.3 Å². The van der Waals surface area contributed by atoms with Gasteiger partial charge in [0.15, 0.2) is 9.84 Å². The van der Waals surface area contributed by atoms with Gasteiger partial charge in [-0.05, 0) is 26.0 Å². The largest absolute Gasteiger partial charge is 0.329 e. The number of carbonyl (C=O) groups is 1. The van der Waals surface area contributed by atoms with E-state index >= 15 is 0 Å². The molecule has 1 aliphatic rings. The minimum atomic E-state index is -3.18. The molecule has 128 valence electrons. The van der Waals surface area contributed by atoms with E-state index in [4.69, 9.17) is 0 Å². The van der Waals surface area contributed by atoms with Gasteiger partial charge in [0.05, 0.1) is 29.3 Å². The van der Waals surface area contributed by atoms with Crippen molar-refractivity contribution < 1.29 is 13.2 Å². The summed E-state index contributed by atoms with van der Waals surface area (Å²) in [5.74, 6) is -0.296. The fourth-order valence-electron chi connectivity index (χ4n) is 2.81. The predicted molar refractivity (Wildman–Crippen MR) is 89.3 cm³/mol. The monoisotopic (exact) mass is 348 g/mol. The van der Waals surface area contributed by atoms with E-state index in [2.05, 4.69) is 10.1 Å². The van der Waals surface area contributed by atoms with Crippen LogP contribution < -0.4 is 0 Å². The molecule has 0 radical (unpaired) electrons. The van der Waals surface area contributed by atoms with Gasteiger partial charge < -0.3 is 4.90 Å². The third kappa shape index (κ3) is 3.33. The highest BCUT2D eigenvalue weighted by Gasteiger charge is 2.36. The van der Waals surface area contributed by atoms with Crippen LogP contribution in [0, 0.1) is 6.92 Å². The zero-order chi connectivity index (χ0) is 17.3. The lowest BCUT2D eigenvalue weighted by Gasteiger charge is -2.35. The molecule has 1 fully saturated rings. The van der Waals surface area contributed by atoms with Crippen molar-refractivity contribution in [2.24, 2.45) is 0 Å². The third-order valence-electron chi connectivity index (χ3n) is 4.21. The lowest BCUT2D eigenvalue weighted by molar-refractivity contribution is 0.0697. The molecule has 7 nitrogen and oxygen atoms in total. The molecule has 0 unspecified atom stereocenters. The van der Waals surface area contributed by atoms with Gasteiger partial charge in [-0.25, -0.2) is 8.42 Å². The van der Waals surface area contributed by atoms with Crippen LogP contribution in [0.15, 0.2) is 30.7 Å². The Balaban J connectivity index is 1.94. The summed E-state index contributed by atoms with van der Waals surface area (Å²) in [6.45, 7) is 4.67. The summed E-state index contributed by atoms with van der Waals surface area (Å²) >= 11 is 0. The van der Waals surface area contributed by atoms with Crippen LogP contribution in [-0.2, 0) is 16.4 Å². The maximum absolute atomic E-state index is 12.8. The minimum absolute atomic E-state index is 0.0174. The summed E-state index contributed by atoms with van der Waals surface area (Å²) in [4.78, 5) is 18.6. The van der Waals surface area contributed by atoms with E-state index in [0.29, 0.717) is 12.1 Å². The van der Waals surface area contributed by atoms with Crippen molar-refractivity contribution in [1.29, 1.82) is 0 Å². The number of hydrogen-bond donors (Lipinski definition) is 0. The van der Waals surface area contributed by atoms with E-state index in [-0.39, 0.29) is 24.0 Å². The Morgan fingerprint density at radius 2 is 2.12 bits per heavy atom. The molecule has 0 saturated carbocycles. The molecule has 1 saturated heterocycles. The van der Waals surface area contributed by atoms with Gasteiger partial charge in [0.25, 0.3) is 5.91 Å². The number of aromatic nitrogens is 3. The van der Waals surface area contributed by atoms with Crippen molar-refractivity contribution in [3.63, 3.8) is 0 Å². The Morgan fingerprint density at radius 3 is 2.75 bits per heavy atom. The number of carbonyl (C=O) groups excluding carboxylic acids is 1. The molecule has 0 aliphatic carbocycles. The molecule has 0 N–H and O–H groups in total. The number of hydrogen-bond acceptors (Lipinski definition) is 5. The highest BCUT2D eigenvalue weighted by Crippen LogP contribution is 2.28. The van der Waals surface area contributed by atoms with Crippen LogP contribution in [0.2, 0.25) is 0 Å². The van der Waals surface area contributed by atoms with Crippen LogP contribution in [0.1, 0.15) is 34.6 Å². The quantitative estimate of drug-likeness (QED) is 0.832. The first-order valence-electron chi connectivity index (χ1n) is 7.86. The maximum Gasteiger partial charge on any atom is 0.255 e. The molecule has 2 aromatic heterocycles. The third-order valence-corrected chi connectivity index (χ3v) is 5.84. The summed E-state index contributed by atoms with van der Waals surface area (Å²) in [5.41, 5.74) is 2.04. The molecule has 3 heterocycles. The molecule has 2 aromatic rings. The SMILES string of the molecule is CCn1cc([C@H]2CS(=O)(=O)CCN2C(=O)c2ccc(C)nc2)cn1. The van der Waals surface area contributed by atoms with Crippen molar-refractivity contribution in [3.05, 3.63) is 47.5 Å². The lowest BCUT2D eigenvalue weighted by atomic mass is 10.1. The number of amides is 1. The van der Waals surface area contributed by atoms with Crippen LogP contribution in [0.4, 0.5) is 0 Å². The highest BCUT2D eigenvalue weighted by atomic mass is 32.2. The molecular weight excluding hydrogens is 328 g/mol. The number of pyridine rings is 1. The van der Waals surface area contributed by atoms with Crippen molar-refractivity contribution in [3.8, 4) is 0 Å². The highest BCUT2D eigenvalue weighted by molar-refractivity contribution is 7.91. The number of rotatable bonds is 3. The second-order valence-electron chi connectivity index (χ2n) is 5.95.